The predicted octanol–water partition coefficient (Wildman–Crippen LogP) is 2.82. The first-order valence-electron chi connectivity index (χ1n) is 11.7. The van der Waals surface area contributed by atoms with Crippen LogP contribution in [0.25, 0.3) is 0 Å². The zero-order chi connectivity index (χ0) is 20.9. The lowest BCUT2D eigenvalue weighted by Crippen LogP contribution is -2.46. The number of methoxy groups -OCH3 is 1. The van der Waals surface area contributed by atoms with Gasteiger partial charge in [-0.1, -0.05) is 12.1 Å². The highest BCUT2D eigenvalue weighted by Crippen LogP contribution is 2.35. The molecule has 3 aliphatic rings. The van der Waals surface area contributed by atoms with E-state index in [9.17, 15) is 0 Å². The summed E-state index contributed by atoms with van der Waals surface area (Å²) >= 11 is 0. The van der Waals surface area contributed by atoms with E-state index in [1.807, 2.05) is 7.05 Å². The molecule has 0 spiro atoms. The number of aliphatic imine (C=N–C) groups is 1. The maximum absolute atomic E-state index is 5.36. The third-order valence-corrected chi connectivity index (χ3v) is 7.32. The van der Waals surface area contributed by atoms with Gasteiger partial charge in [-0.3, -0.25) is 14.8 Å². The molecule has 3 fully saturated rings. The largest absolute Gasteiger partial charge is 0.497 e. The van der Waals surface area contributed by atoms with Crippen molar-refractivity contribution in [1.82, 2.24) is 20.0 Å². The Bertz CT molecular complexity index is 700. The van der Waals surface area contributed by atoms with E-state index in [2.05, 4.69) is 56.3 Å². The van der Waals surface area contributed by atoms with Gasteiger partial charge in [0.15, 0.2) is 5.96 Å². The lowest BCUT2D eigenvalue weighted by atomic mass is 9.85. The lowest BCUT2D eigenvalue weighted by molar-refractivity contribution is 0.122. The Hall–Kier alpha value is -1.79. The monoisotopic (exact) mass is 413 g/mol. The SMILES string of the molecule is CN=C(NCC1CCCN(C)C1c1ccc(OC)cc1)N1CCC(N2CCCC2)C1. The zero-order valence-corrected chi connectivity index (χ0v) is 19.0. The molecule has 3 heterocycles. The number of hydrogen-bond acceptors (Lipinski definition) is 4. The third-order valence-electron chi connectivity index (χ3n) is 7.32. The quantitative estimate of drug-likeness (QED) is 0.594. The standard InChI is InChI=1S/C24H39N5O/c1-25-24(29-16-12-21(18-29)28-14-4-5-15-28)26-17-20-7-6-13-27(2)23(20)19-8-10-22(30-3)11-9-19/h8-11,20-21,23H,4-7,12-18H2,1-3H3,(H,25,26). The number of nitrogens with one attached hydrogen (secondary N) is 1. The maximum atomic E-state index is 5.36. The van der Waals surface area contributed by atoms with Crippen molar-refractivity contribution in [1.29, 1.82) is 0 Å². The van der Waals surface area contributed by atoms with E-state index < -0.39 is 0 Å². The molecule has 6 nitrogen and oxygen atoms in total. The predicted molar refractivity (Wildman–Crippen MR) is 123 cm³/mol. The van der Waals surface area contributed by atoms with Crippen LogP contribution < -0.4 is 10.1 Å². The Morgan fingerprint density at radius 1 is 1.07 bits per heavy atom. The molecule has 0 aliphatic carbocycles. The van der Waals surface area contributed by atoms with Crippen molar-refractivity contribution < 1.29 is 4.74 Å². The van der Waals surface area contributed by atoms with Crippen LogP contribution in [-0.2, 0) is 0 Å². The molecule has 30 heavy (non-hydrogen) atoms. The topological polar surface area (TPSA) is 43.3 Å². The second-order valence-corrected chi connectivity index (χ2v) is 9.16. The highest BCUT2D eigenvalue weighted by molar-refractivity contribution is 5.80. The van der Waals surface area contributed by atoms with Crippen molar-refractivity contribution in [3.63, 3.8) is 0 Å². The second-order valence-electron chi connectivity index (χ2n) is 9.16. The molecule has 0 saturated carbocycles. The summed E-state index contributed by atoms with van der Waals surface area (Å²) < 4.78 is 5.36. The van der Waals surface area contributed by atoms with E-state index >= 15 is 0 Å². The van der Waals surface area contributed by atoms with Gasteiger partial charge in [-0.25, -0.2) is 0 Å². The number of rotatable bonds is 5. The molecule has 0 bridgehead atoms. The first kappa shape index (κ1) is 21.4. The fourth-order valence-corrected chi connectivity index (χ4v) is 5.69. The Morgan fingerprint density at radius 2 is 1.83 bits per heavy atom. The fourth-order valence-electron chi connectivity index (χ4n) is 5.69. The van der Waals surface area contributed by atoms with Crippen molar-refractivity contribution >= 4 is 5.96 Å². The van der Waals surface area contributed by atoms with Gasteiger partial charge < -0.3 is 15.0 Å². The van der Waals surface area contributed by atoms with Crippen LogP contribution in [0.2, 0.25) is 0 Å². The van der Waals surface area contributed by atoms with Crippen molar-refractivity contribution in [3.8, 4) is 5.75 Å². The van der Waals surface area contributed by atoms with Crippen molar-refractivity contribution in [2.45, 2.75) is 44.2 Å². The molecule has 6 heteroatoms. The molecule has 0 aromatic heterocycles. The van der Waals surface area contributed by atoms with E-state index in [0.717, 1.165) is 37.9 Å². The van der Waals surface area contributed by atoms with Crippen molar-refractivity contribution in [2.24, 2.45) is 10.9 Å². The summed E-state index contributed by atoms with van der Waals surface area (Å²) in [5.74, 6) is 2.58. The van der Waals surface area contributed by atoms with E-state index in [-0.39, 0.29) is 0 Å². The summed E-state index contributed by atoms with van der Waals surface area (Å²) in [7, 11) is 5.92. The number of ether oxygens (including phenoxy) is 1. The number of nitrogens with zero attached hydrogens (tertiary/aromatic N) is 4. The Kier molecular flexibility index (Phi) is 7.16. The van der Waals surface area contributed by atoms with E-state index in [1.54, 1.807) is 7.11 Å². The first-order chi connectivity index (χ1) is 14.7. The smallest absolute Gasteiger partial charge is 0.193 e. The highest BCUT2D eigenvalue weighted by Gasteiger charge is 2.33. The summed E-state index contributed by atoms with van der Waals surface area (Å²) in [4.78, 5) is 12.3. The van der Waals surface area contributed by atoms with Crippen LogP contribution in [0, 0.1) is 5.92 Å². The third kappa shape index (κ3) is 4.75. The van der Waals surface area contributed by atoms with Crippen LogP contribution in [0.1, 0.15) is 43.7 Å². The van der Waals surface area contributed by atoms with Gasteiger partial charge >= 0.3 is 0 Å². The summed E-state index contributed by atoms with van der Waals surface area (Å²) in [6.07, 6.45) is 6.51. The van der Waals surface area contributed by atoms with Crippen LogP contribution in [-0.4, -0.2) is 87.2 Å². The van der Waals surface area contributed by atoms with Gasteiger partial charge in [0.25, 0.3) is 0 Å². The number of guanidine groups is 1. The number of hydrogen-bond donors (Lipinski definition) is 1. The van der Waals surface area contributed by atoms with Gasteiger partial charge in [-0.2, -0.15) is 0 Å². The molecular formula is C24H39N5O. The van der Waals surface area contributed by atoms with Gasteiger partial charge in [-0.15, -0.1) is 0 Å². The van der Waals surface area contributed by atoms with E-state index in [0.29, 0.717) is 18.0 Å². The fraction of sp³-hybridized carbons (Fsp3) is 0.708. The van der Waals surface area contributed by atoms with Crippen LogP contribution >= 0.6 is 0 Å². The molecule has 166 valence electrons. The molecular weight excluding hydrogens is 374 g/mol. The Morgan fingerprint density at radius 3 is 2.53 bits per heavy atom. The number of piperidine rings is 1. The summed E-state index contributed by atoms with van der Waals surface area (Å²) in [5.41, 5.74) is 1.38. The average Bonchev–Trinajstić information content (AvgIpc) is 3.47. The maximum Gasteiger partial charge on any atom is 0.193 e. The minimum atomic E-state index is 0.436. The molecule has 3 unspecified atom stereocenters. The minimum Gasteiger partial charge on any atom is -0.497 e. The van der Waals surface area contributed by atoms with Gasteiger partial charge in [0.1, 0.15) is 5.75 Å². The molecule has 3 saturated heterocycles. The Balaban J connectivity index is 1.37. The van der Waals surface area contributed by atoms with Gasteiger partial charge in [-0.05, 0) is 82.4 Å². The van der Waals surface area contributed by atoms with E-state index in [1.165, 1.54) is 50.8 Å². The van der Waals surface area contributed by atoms with E-state index in [4.69, 9.17) is 4.74 Å². The normalized spacial score (nSPS) is 28.8. The van der Waals surface area contributed by atoms with Crippen molar-refractivity contribution in [2.75, 3.05) is 60.5 Å². The highest BCUT2D eigenvalue weighted by atomic mass is 16.5. The summed E-state index contributed by atoms with van der Waals surface area (Å²) in [5, 5.41) is 3.74. The molecule has 1 aromatic rings. The number of likely N-dealkylation sites (tertiary alicyclic amines) is 3. The molecule has 3 aliphatic heterocycles. The van der Waals surface area contributed by atoms with Gasteiger partial charge in [0.05, 0.1) is 7.11 Å². The van der Waals surface area contributed by atoms with Crippen LogP contribution in [0.3, 0.4) is 0 Å². The minimum absolute atomic E-state index is 0.436. The number of benzene rings is 1. The van der Waals surface area contributed by atoms with Crippen LogP contribution in [0.15, 0.2) is 29.3 Å². The van der Waals surface area contributed by atoms with Gasteiger partial charge in [0.2, 0.25) is 0 Å². The van der Waals surface area contributed by atoms with Crippen molar-refractivity contribution in [3.05, 3.63) is 29.8 Å². The summed E-state index contributed by atoms with van der Waals surface area (Å²) in [6.45, 7) is 6.93. The average molecular weight is 414 g/mol. The van der Waals surface area contributed by atoms with Crippen LogP contribution in [0.4, 0.5) is 0 Å². The van der Waals surface area contributed by atoms with Gasteiger partial charge in [0, 0.05) is 38.8 Å². The second kappa shape index (κ2) is 10.0. The molecule has 0 radical (unpaired) electrons. The molecule has 1 N–H and O–H groups in total. The van der Waals surface area contributed by atoms with Crippen LogP contribution in [0.5, 0.6) is 5.75 Å². The molecule has 3 atom stereocenters. The molecule has 0 amide bonds. The summed E-state index contributed by atoms with van der Waals surface area (Å²) in [6, 6.07) is 9.78. The Labute approximate surface area is 182 Å². The molecule has 1 aromatic carbocycles. The zero-order valence-electron chi connectivity index (χ0n) is 19.0. The first-order valence-corrected chi connectivity index (χ1v) is 11.7. The lowest BCUT2D eigenvalue weighted by Gasteiger charge is -2.40. The molecule has 4 rings (SSSR count).